The Labute approximate surface area is 216 Å². The SMILES string of the molecule is CCOc1ccc(CCC(=O)N2CCC(CC(=O)N[C@@H](Cc3ccc(F)c(F)c3)C(=O)OC)CC2)cc1. The van der Waals surface area contributed by atoms with Crippen LogP contribution in [0.1, 0.15) is 43.7 Å². The van der Waals surface area contributed by atoms with Gasteiger partial charge in [-0.1, -0.05) is 18.2 Å². The molecule has 200 valence electrons. The molecule has 1 saturated heterocycles. The molecule has 1 heterocycles. The maximum Gasteiger partial charge on any atom is 0.328 e. The lowest BCUT2D eigenvalue weighted by molar-refractivity contribution is -0.145. The summed E-state index contributed by atoms with van der Waals surface area (Å²) in [4.78, 5) is 39.3. The Balaban J connectivity index is 1.43. The van der Waals surface area contributed by atoms with Crippen LogP contribution in [0.4, 0.5) is 8.78 Å². The van der Waals surface area contributed by atoms with Gasteiger partial charge in [0.2, 0.25) is 11.8 Å². The molecular formula is C28H34F2N2O5. The molecule has 0 aliphatic carbocycles. The van der Waals surface area contributed by atoms with E-state index in [-0.39, 0.29) is 30.6 Å². The second-order valence-corrected chi connectivity index (χ2v) is 9.20. The van der Waals surface area contributed by atoms with Crippen LogP contribution in [0, 0.1) is 17.6 Å². The summed E-state index contributed by atoms with van der Waals surface area (Å²) >= 11 is 0. The normalized spacial score (nSPS) is 14.6. The predicted molar refractivity (Wildman–Crippen MR) is 134 cm³/mol. The first kappa shape index (κ1) is 28.1. The minimum atomic E-state index is -1.02. The minimum Gasteiger partial charge on any atom is -0.494 e. The third-order valence-corrected chi connectivity index (χ3v) is 6.55. The molecule has 37 heavy (non-hydrogen) atoms. The van der Waals surface area contributed by atoms with E-state index in [0.29, 0.717) is 50.9 Å². The number of halogens is 2. The minimum absolute atomic E-state index is 0.0169. The van der Waals surface area contributed by atoms with Crippen molar-refractivity contribution in [3.63, 3.8) is 0 Å². The van der Waals surface area contributed by atoms with Crippen molar-refractivity contribution in [1.82, 2.24) is 10.2 Å². The number of likely N-dealkylation sites (tertiary alicyclic amines) is 1. The lowest BCUT2D eigenvalue weighted by Gasteiger charge is -2.32. The number of hydrogen-bond donors (Lipinski definition) is 1. The number of benzene rings is 2. The van der Waals surface area contributed by atoms with Crippen LogP contribution < -0.4 is 10.1 Å². The number of hydrogen-bond acceptors (Lipinski definition) is 5. The molecule has 1 N–H and O–H groups in total. The number of carbonyl (C=O) groups excluding carboxylic acids is 3. The first-order valence-corrected chi connectivity index (χ1v) is 12.6. The van der Waals surface area contributed by atoms with Gasteiger partial charge in [0.1, 0.15) is 11.8 Å². The Kier molecular flexibility index (Phi) is 10.4. The Morgan fingerprint density at radius 2 is 1.70 bits per heavy atom. The Bertz CT molecular complexity index is 1070. The Morgan fingerprint density at radius 3 is 2.32 bits per heavy atom. The highest BCUT2D eigenvalue weighted by Crippen LogP contribution is 2.22. The van der Waals surface area contributed by atoms with Gasteiger partial charge in [-0.2, -0.15) is 0 Å². The molecule has 2 amide bonds. The van der Waals surface area contributed by atoms with Gasteiger partial charge in [0.05, 0.1) is 13.7 Å². The molecule has 1 fully saturated rings. The van der Waals surface area contributed by atoms with Crippen LogP contribution in [0.15, 0.2) is 42.5 Å². The lowest BCUT2D eigenvalue weighted by Crippen LogP contribution is -2.44. The average Bonchev–Trinajstić information content (AvgIpc) is 2.90. The zero-order chi connectivity index (χ0) is 26.8. The number of esters is 1. The van der Waals surface area contributed by atoms with E-state index in [1.54, 1.807) is 0 Å². The van der Waals surface area contributed by atoms with E-state index in [0.717, 1.165) is 23.4 Å². The summed E-state index contributed by atoms with van der Waals surface area (Å²) in [7, 11) is 1.20. The molecule has 2 aromatic carbocycles. The topological polar surface area (TPSA) is 84.9 Å². The largest absolute Gasteiger partial charge is 0.494 e. The number of ether oxygens (including phenoxy) is 2. The van der Waals surface area contributed by atoms with Gasteiger partial charge in [0.15, 0.2) is 11.6 Å². The molecule has 0 bridgehead atoms. The summed E-state index contributed by atoms with van der Waals surface area (Å²) in [5.74, 6) is -2.00. The van der Waals surface area contributed by atoms with Gasteiger partial charge >= 0.3 is 5.97 Å². The summed E-state index contributed by atoms with van der Waals surface area (Å²) in [6.07, 6.45) is 2.64. The molecule has 1 aliphatic rings. The van der Waals surface area contributed by atoms with Gasteiger partial charge in [-0.05, 0) is 67.5 Å². The quantitative estimate of drug-likeness (QED) is 0.459. The lowest BCUT2D eigenvalue weighted by atomic mass is 9.92. The highest BCUT2D eigenvalue weighted by atomic mass is 19.2. The predicted octanol–water partition coefficient (Wildman–Crippen LogP) is 3.83. The van der Waals surface area contributed by atoms with Crippen molar-refractivity contribution in [2.75, 3.05) is 26.8 Å². The summed E-state index contributed by atoms with van der Waals surface area (Å²) in [5.41, 5.74) is 1.44. The smallest absolute Gasteiger partial charge is 0.328 e. The number of amides is 2. The van der Waals surface area contributed by atoms with Crippen molar-refractivity contribution >= 4 is 17.8 Å². The number of nitrogens with zero attached hydrogens (tertiary/aromatic N) is 1. The highest BCUT2D eigenvalue weighted by molar-refractivity contribution is 5.84. The van der Waals surface area contributed by atoms with Crippen molar-refractivity contribution in [2.24, 2.45) is 5.92 Å². The van der Waals surface area contributed by atoms with Gasteiger partial charge < -0.3 is 19.7 Å². The van der Waals surface area contributed by atoms with Crippen molar-refractivity contribution in [3.05, 3.63) is 65.2 Å². The van der Waals surface area contributed by atoms with Crippen LogP contribution in [0.2, 0.25) is 0 Å². The van der Waals surface area contributed by atoms with Gasteiger partial charge in [-0.3, -0.25) is 9.59 Å². The fourth-order valence-electron chi connectivity index (χ4n) is 4.47. The van der Waals surface area contributed by atoms with Crippen LogP contribution in [0.3, 0.4) is 0 Å². The Morgan fingerprint density at radius 1 is 1.03 bits per heavy atom. The molecule has 0 aromatic heterocycles. The van der Waals surface area contributed by atoms with E-state index < -0.39 is 23.6 Å². The number of aryl methyl sites for hydroxylation is 1. The number of nitrogens with one attached hydrogen (secondary N) is 1. The third kappa shape index (κ3) is 8.55. The highest BCUT2D eigenvalue weighted by Gasteiger charge is 2.27. The zero-order valence-electron chi connectivity index (χ0n) is 21.3. The monoisotopic (exact) mass is 516 g/mol. The molecule has 0 unspecified atom stereocenters. The van der Waals surface area contributed by atoms with E-state index in [1.807, 2.05) is 36.1 Å². The molecular weight excluding hydrogens is 482 g/mol. The van der Waals surface area contributed by atoms with Crippen molar-refractivity contribution in [1.29, 1.82) is 0 Å². The van der Waals surface area contributed by atoms with Crippen molar-refractivity contribution in [2.45, 2.75) is 51.5 Å². The summed E-state index contributed by atoms with van der Waals surface area (Å²) in [6.45, 7) is 3.70. The second kappa shape index (κ2) is 13.7. The van der Waals surface area contributed by atoms with Crippen molar-refractivity contribution < 1.29 is 32.6 Å². The van der Waals surface area contributed by atoms with Crippen LogP contribution >= 0.6 is 0 Å². The number of piperidine rings is 1. The molecule has 0 saturated carbocycles. The average molecular weight is 517 g/mol. The third-order valence-electron chi connectivity index (χ3n) is 6.55. The van der Waals surface area contributed by atoms with Gasteiger partial charge in [-0.15, -0.1) is 0 Å². The molecule has 0 radical (unpaired) electrons. The molecule has 2 aromatic rings. The molecule has 3 rings (SSSR count). The fourth-order valence-corrected chi connectivity index (χ4v) is 4.47. The molecule has 0 spiro atoms. The van der Waals surface area contributed by atoms with E-state index in [1.165, 1.54) is 13.2 Å². The van der Waals surface area contributed by atoms with Crippen LogP contribution in [-0.4, -0.2) is 55.5 Å². The standard InChI is InChI=1S/C28H34F2N2O5/c1-3-37-22-8-4-19(5-9-22)7-11-27(34)32-14-12-20(13-15-32)18-26(33)31-25(28(35)36-2)17-21-6-10-23(29)24(30)16-21/h4-6,8-10,16,20,25H,3,7,11-15,17-18H2,1-2H3,(H,31,33)/t25-/m0/s1. The molecule has 1 aliphatic heterocycles. The maximum atomic E-state index is 13.5. The maximum absolute atomic E-state index is 13.5. The summed E-state index contributed by atoms with van der Waals surface area (Å²) < 4.78 is 36.9. The fraction of sp³-hybridized carbons (Fsp3) is 0.464. The summed E-state index contributed by atoms with van der Waals surface area (Å²) in [6, 6.07) is 10.1. The second-order valence-electron chi connectivity index (χ2n) is 9.20. The first-order chi connectivity index (χ1) is 17.8. The van der Waals surface area contributed by atoms with Gasteiger partial charge in [0, 0.05) is 32.4 Å². The van der Waals surface area contributed by atoms with Gasteiger partial charge in [0.25, 0.3) is 0 Å². The number of carbonyl (C=O) groups is 3. The molecule has 1 atom stereocenters. The zero-order valence-corrected chi connectivity index (χ0v) is 21.3. The number of methoxy groups -OCH3 is 1. The van der Waals surface area contributed by atoms with Crippen LogP contribution in [0.5, 0.6) is 5.75 Å². The summed E-state index contributed by atoms with van der Waals surface area (Å²) in [5, 5.41) is 2.66. The van der Waals surface area contributed by atoms with E-state index in [9.17, 15) is 23.2 Å². The van der Waals surface area contributed by atoms with E-state index in [4.69, 9.17) is 9.47 Å². The Hall–Kier alpha value is -3.49. The number of rotatable bonds is 11. The van der Waals surface area contributed by atoms with E-state index >= 15 is 0 Å². The van der Waals surface area contributed by atoms with Gasteiger partial charge in [-0.25, -0.2) is 13.6 Å². The van der Waals surface area contributed by atoms with E-state index in [2.05, 4.69) is 5.32 Å². The van der Waals surface area contributed by atoms with Crippen LogP contribution in [0.25, 0.3) is 0 Å². The van der Waals surface area contributed by atoms with Crippen LogP contribution in [-0.2, 0) is 32.0 Å². The van der Waals surface area contributed by atoms with Crippen molar-refractivity contribution in [3.8, 4) is 5.75 Å². The molecule has 7 nitrogen and oxygen atoms in total. The first-order valence-electron chi connectivity index (χ1n) is 12.6. The molecule has 9 heteroatoms.